The summed E-state index contributed by atoms with van der Waals surface area (Å²) in [5.74, 6) is 2.87. The number of fused-ring (bicyclic) bond motifs is 1. The highest BCUT2D eigenvalue weighted by Gasteiger charge is 2.14. The van der Waals surface area contributed by atoms with Crippen LogP contribution in [0.25, 0.3) is 0 Å². The molecule has 1 aromatic heterocycles. The van der Waals surface area contributed by atoms with Crippen LogP contribution in [0, 0.1) is 6.92 Å². The monoisotopic (exact) mass is 289 g/mol. The highest BCUT2D eigenvalue weighted by atomic mass is 16.5. The average molecular weight is 289 g/mol. The fraction of sp³-hybridized carbons (Fsp3) is 0.467. The first-order valence-electron chi connectivity index (χ1n) is 7.14. The van der Waals surface area contributed by atoms with Crippen LogP contribution >= 0.6 is 0 Å². The number of nitrogens with one attached hydrogen (secondary N) is 1. The van der Waals surface area contributed by atoms with Crippen molar-refractivity contribution in [3.63, 3.8) is 0 Å². The van der Waals surface area contributed by atoms with E-state index in [-0.39, 0.29) is 6.04 Å². The number of ether oxygens (including phenoxy) is 2. The summed E-state index contributed by atoms with van der Waals surface area (Å²) >= 11 is 0. The van der Waals surface area contributed by atoms with Gasteiger partial charge >= 0.3 is 0 Å². The Balaban J connectivity index is 1.66. The topological polar surface area (TPSA) is 69.4 Å². The quantitative estimate of drug-likeness (QED) is 0.932. The van der Waals surface area contributed by atoms with E-state index >= 15 is 0 Å². The summed E-state index contributed by atoms with van der Waals surface area (Å²) in [5.41, 5.74) is 1.14. The Kier molecular flexibility index (Phi) is 4.06. The maximum absolute atomic E-state index is 5.71. The largest absolute Gasteiger partial charge is 0.490 e. The molecule has 1 N–H and O–H groups in total. The molecule has 0 bridgehead atoms. The second kappa shape index (κ2) is 6.13. The molecule has 0 radical (unpaired) electrons. The minimum absolute atomic E-state index is 0.154. The van der Waals surface area contributed by atoms with E-state index in [9.17, 15) is 0 Å². The molecule has 2 heterocycles. The Bertz CT molecular complexity index is 612. The first kappa shape index (κ1) is 13.9. The van der Waals surface area contributed by atoms with Crippen LogP contribution in [0.4, 0.5) is 0 Å². The van der Waals surface area contributed by atoms with Crippen molar-refractivity contribution in [1.29, 1.82) is 0 Å². The molecule has 0 saturated carbocycles. The van der Waals surface area contributed by atoms with Gasteiger partial charge in [0.25, 0.3) is 0 Å². The third-order valence-corrected chi connectivity index (χ3v) is 3.41. The average Bonchev–Trinajstić information content (AvgIpc) is 2.77. The second-order valence-corrected chi connectivity index (χ2v) is 5.09. The van der Waals surface area contributed by atoms with Gasteiger partial charge in [-0.3, -0.25) is 0 Å². The smallest absolute Gasteiger partial charge is 0.223 e. The molecule has 0 amide bonds. The van der Waals surface area contributed by atoms with Gasteiger partial charge in [-0.25, -0.2) is 0 Å². The molecular formula is C15H19N3O3. The van der Waals surface area contributed by atoms with Crippen LogP contribution in [0.1, 0.15) is 36.7 Å². The van der Waals surface area contributed by atoms with E-state index < -0.39 is 0 Å². The highest BCUT2D eigenvalue weighted by Crippen LogP contribution is 2.32. The van der Waals surface area contributed by atoms with Gasteiger partial charge in [0.15, 0.2) is 17.3 Å². The SMILES string of the molecule is Cc1nc(CNC(C)c2ccc3c(c2)OCCCO3)no1. The number of rotatable bonds is 4. The molecule has 112 valence electrons. The van der Waals surface area contributed by atoms with Crippen LogP contribution in [0.3, 0.4) is 0 Å². The normalized spacial score (nSPS) is 15.5. The number of aryl methyl sites for hydroxylation is 1. The Morgan fingerprint density at radius 2 is 2.05 bits per heavy atom. The van der Waals surface area contributed by atoms with E-state index in [2.05, 4.69) is 22.4 Å². The molecule has 1 aromatic carbocycles. The number of benzene rings is 1. The first-order chi connectivity index (χ1) is 10.2. The summed E-state index contributed by atoms with van der Waals surface area (Å²) in [6, 6.07) is 6.19. The van der Waals surface area contributed by atoms with Gasteiger partial charge in [0.2, 0.25) is 5.89 Å². The van der Waals surface area contributed by atoms with Gasteiger partial charge in [-0.15, -0.1) is 0 Å². The van der Waals surface area contributed by atoms with Gasteiger partial charge in [0.1, 0.15) is 0 Å². The van der Waals surface area contributed by atoms with Crippen molar-refractivity contribution in [1.82, 2.24) is 15.5 Å². The molecular weight excluding hydrogens is 270 g/mol. The molecule has 1 aliphatic heterocycles. The van der Waals surface area contributed by atoms with Gasteiger partial charge in [-0.1, -0.05) is 11.2 Å². The third-order valence-electron chi connectivity index (χ3n) is 3.41. The molecule has 0 spiro atoms. The van der Waals surface area contributed by atoms with E-state index in [0.717, 1.165) is 23.5 Å². The van der Waals surface area contributed by atoms with Crippen LogP contribution in [0.2, 0.25) is 0 Å². The molecule has 6 heteroatoms. The summed E-state index contributed by atoms with van der Waals surface area (Å²) in [7, 11) is 0. The molecule has 3 rings (SSSR count). The van der Waals surface area contributed by atoms with Crippen LogP contribution in [0.5, 0.6) is 11.5 Å². The van der Waals surface area contributed by atoms with Crippen molar-refractivity contribution in [2.75, 3.05) is 13.2 Å². The molecule has 0 fully saturated rings. The predicted molar refractivity (Wildman–Crippen MR) is 76.3 cm³/mol. The number of aromatic nitrogens is 2. The highest BCUT2D eigenvalue weighted by molar-refractivity contribution is 5.44. The van der Waals surface area contributed by atoms with E-state index in [0.29, 0.717) is 31.5 Å². The molecule has 0 aliphatic carbocycles. The Morgan fingerprint density at radius 3 is 2.81 bits per heavy atom. The van der Waals surface area contributed by atoms with E-state index in [1.807, 2.05) is 18.2 Å². The third kappa shape index (κ3) is 3.33. The molecule has 1 unspecified atom stereocenters. The lowest BCUT2D eigenvalue weighted by Gasteiger charge is -2.15. The molecule has 6 nitrogen and oxygen atoms in total. The van der Waals surface area contributed by atoms with Gasteiger partial charge in [-0.05, 0) is 24.6 Å². The number of nitrogens with zero attached hydrogens (tertiary/aromatic N) is 2. The lowest BCUT2D eigenvalue weighted by molar-refractivity contribution is 0.297. The van der Waals surface area contributed by atoms with Crippen LogP contribution < -0.4 is 14.8 Å². The Labute approximate surface area is 123 Å². The maximum atomic E-state index is 5.71. The van der Waals surface area contributed by atoms with Crippen molar-refractivity contribution >= 4 is 0 Å². The summed E-state index contributed by atoms with van der Waals surface area (Å²) < 4.78 is 16.3. The molecule has 21 heavy (non-hydrogen) atoms. The second-order valence-electron chi connectivity index (χ2n) is 5.09. The summed E-state index contributed by atoms with van der Waals surface area (Å²) in [5, 5.41) is 7.24. The van der Waals surface area contributed by atoms with Crippen LogP contribution in [-0.4, -0.2) is 23.4 Å². The van der Waals surface area contributed by atoms with Crippen molar-refractivity contribution in [2.45, 2.75) is 32.9 Å². The van der Waals surface area contributed by atoms with Crippen molar-refractivity contribution in [3.8, 4) is 11.5 Å². The van der Waals surface area contributed by atoms with Crippen LogP contribution in [0.15, 0.2) is 22.7 Å². The lowest BCUT2D eigenvalue weighted by atomic mass is 10.1. The van der Waals surface area contributed by atoms with Crippen molar-refractivity contribution in [2.24, 2.45) is 0 Å². The fourth-order valence-corrected chi connectivity index (χ4v) is 2.22. The zero-order valence-corrected chi connectivity index (χ0v) is 12.3. The van der Waals surface area contributed by atoms with Gasteiger partial charge in [0, 0.05) is 19.4 Å². The van der Waals surface area contributed by atoms with Crippen molar-refractivity contribution in [3.05, 3.63) is 35.5 Å². The summed E-state index contributed by atoms with van der Waals surface area (Å²) in [6.45, 7) is 5.83. The maximum Gasteiger partial charge on any atom is 0.223 e. The Morgan fingerprint density at radius 1 is 1.24 bits per heavy atom. The van der Waals surface area contributed by atoms with Gasteiger partial charge in [0.05, 0.1) is 19.8 Å². The van der Waals surface area contributed by atoms with Crippen molar-refractivity contribution < 1.29 is 14.0 Å². The zero-order valence-electron chi connectivity index (χ0n) is 12.3. The summed E-state index contributed by atoms with van der Waals surface area (Å²) in [6.07, 6.45) is 0.912. The Hall–Kier alpha value is -2.08. The van der Waals surface area contributed by atoms with E-state index in [4.69, 9.17) is 14.0 Å². The van der Waals surface area contributed by atoms with Gasteiger partial charge in [-0.2, -0.15) is 4.98 Å². The predicted octanol–water partition coefficient (Wildman–Crippen LogP) is 2.39. The summed E-state index contributed by atoms with van der Waals surface area (Å²) in [4.78, 5) is 4.17. The molecule has 2 aromatic rings. The standard InChI is InChI=1S/C15H19N3O3/c1-10(16-9-15-17-11(2)21-18-15)12-4-5-13-14(8-12)20-7-3-6-19-13/h4-5,8,10,16H,3,6-7,9H2,1-2H3. The van der Waals surface area contributed by atoms with E-state index in [1.54, 1.807) is 6.92 Å². The number of hydrogen-bond acceptors (Lipinski definition) is 6. The van der Waals surface area contributed by atoms with Crippen LogP contribution in [-0.2, 0) is 6.54 Å². The minimum Gasteiger partial charge on any atom is -0.490 e. The minimum atomic E-state index is 0.154. The molecule has 1 atom stereocenters. The molecule has 1 aliphatic rings. The zero-order chi connectivity index (χ0) is 14.7. The first-order valence-corrected chi connectivity index (χ1v) is 7.14. The lowest BCUT2D eigenvalue weighted by Crippen LogP contribution is -2.19. The number of hydrogen-bond donors (Lipinski definition) is 1. The van der Waals surface area contributed by atoms with E-state index in [1.165, 1.54) is 0 Å². The van der Waals surface area contributed by atoms with Gasteiger partial charge < -0.3 is 19.3 Å². The molecule has 0 saturated heterocycles. The fourth-order valence-electron chi connectivity index (χ4n) is 2.22.